The first-order chi connectivity index (χ1) is 12.7. The lowest BCUT2D eigenvalue weighted by molar-refractivity contribution is 0.278. The number of hydrogen-bond donors (Lipinski definition) is 4. The van der Waals surface area contributed by atoms with Gasteiger partial charge in [0.15, 0.2) is 0 Å². The normalized spacial score (nSPS) is 35.3. The van der Waals surface area contributed by atoms with Crippen LogP contribution in [0.4, 0.5) is 0 Å². The predicted octanol–water partition coefficient (Wildman–Crippen LogP) is 2.35. The number of aliphatic imine (C=N–C) groups is 1. The molecule has 0 unspecified atom stereocenters. The molecule has 2 fully saturated rings. The topological polar surface area (TPSA) is 60.5 Å². The summed E-state index contributed by atoms with van der Waals surface area (Å²) in [6, 6.07) is 2.21. The van der Waals surface area contributed by atoms with Crippen LogP contribution in [0.3, 0.4) is 0 Å². The summed E-state index contributed by atoms with van der Waals surface area (Å²) >= 11 is 0. The fraction of sp³-hybridized carbons (Fsp3) is 0.857. The van der Waals surface area contributed by atoms with Gasteiger partial charge in [-0.1, -0.05) is 25.7 Å². The molecule has 1 heterocycles. The molecule has 0 bridgehead atoms. The molecule has 148 valence electrons. The molecule has 5 heteroatoms. The molecule has 26 heavy (non-hydrogen) atoms. The molecule has 4 N–H and O–H groups in total. The van der Waals surface area contributed by atoms with E-state index in [0.29, 0.717) is 24.2 Å². The van der Waals surface area contributed by atoms with Gasteiger partial charge in [0.2, 0.25) is 0 Å². The van der Waals surface area contributed by atoms with Crippen LogP contribution in [-0.2, 0) is 0 Å². The molecule has 0 aromatic heterocycles. The van der Waals surface area contributed by atoms with Gasteiger partial charge < -0.3 is 21.3 Å². The van der Waals surface area contributed by atoms with Gasteiger partial charge in [0.1, 0.15) is 0 Å². The number of rotatable bonds is 0. The Bertz CT molecular complexity index is 487. The molecule has 0 spiro atoms. The SMILES string of the molecule is CC1=CC(C)=N[C@@H]2CCCC[C@H]2NCCN[C@@H]2CCCC[C@H]2NCCN1. The summed E-state index contributed by atoms with van der Waals surface area (Å²) < 4.78 is 0. The first kappa shape index (κ1) is 19.8. The molecule has 1 aliphatic heterocycles. The molecule has 4 atom stereocenters. The third-order valence-electron chi connectivity index (χ3n) is 6.16. The lowest BCUT2D eigenvalue weighted by Crippen LogP contribution is -2.53. The largest absolute Gasteiger partial charge is 0.387 e. The van der Waals surface area contributed by atoms with E-state index in [9.17, 15) is 0 Å². The Morgan fingerprint density at radius 3 is 1.96 bits per heavy atom. The molecule has 2 aliphatic carbocycles. The fourth-order valence-electron chi connectivity index (χ4n) is 4.82. The number of nitrogens with zero attached hydrogens (tertiary/aromatic N) is 1. The Balaban J connectivity index is 1.66. The first-order valence-electron chi connectivity index (χ1n) is 10.9. The number of allylic oxidation sites excluding steroid dienone is 2. The van der Waals surface area contributed by atoms with Crippen LogP contribution in [0.1, 0.15) is 65.2 Å². The van der Waals surface area contributed by atoms with Crippen LogP contribution in [0.2, 0.25) is 0 Å². The predicted molar refractivity (Wildman–Crippen MR) is 111 cm³/mol. The van der Waals surface area contributed by atoms with Gasteiger partial charge in [-0.3, -0.25) is 4.99 Å². The van der Waals surface area contributed by atoms with Crippen LogP contribution in [-0.4, -0.2) is 56.1 Å². The molecule has 0 saturated heterocycles. The van der Waals surface area contributed by atoms with E-state index in [4.69, 9.17) is 4.99 Å². The monoisotopic (exact) mass is 361 g/mol. The molecule has 0 radical (unpaired) electrons. The van der Waals surface area contributed by atoms with Crippen molar-refractivity contribution in [3.8, 4) is 0 Å². The van der Waals surface area contributed by atoms with Crippen LogP contribution in [0.5, 0.6) is 0 Å². The van der Waals surface area contributed by atoms with Crippen molar-refractivity contribution in [2.75, 3.05) is 26.2 Å². The Morgan fingerprint density at radius 2 is 1.27 bits per heavy atom. The Morgan fingerprint density at radius 1 is 0.731 bits per heavy atom. The van der Waals surface area contributed by atoms with Gasteiger partial charge in [-0.2, -0.15) is 0 Å². The van der Waals surface area contributed by atoms with Crippen molar-refractivity contribution in [2.45, 2.75) is 89.4 Å². The third-order valence-corrected chi connectivity index (χ3v) is 6.16. The standard InChI is InChI=1S/C21H39N5/c1-16-15-17(2)26-21-10-6-5-9-20(21)25-14-13-24-19-8-4-3-7-18(19)23-12-11-22-16/h15,18-25H,3-14H2,1-2H3/t18-,19-,20-,21-/m1/s1. The number of hydrogen-bond acceptors (Lipinski definition) is 5. The highest BCUT2D eigenvalue weighted by Gasteiger charge is 2.26. The van der Waals surface area contributed by atoms with E-state index >= 15 is 0 Å². The molecular weight excluding hydrogens is 322 g/mol. The zero-order valence-corrected chi connectivity index (χ0v) is 16.8. The van der Waals surface area contributed by atoms with Gasteiger partial charge in [0.05, 0.1) is 6.04 Å². The van der Waals surface area contributed by atoms with Crippen molar-refractivity contribution in [1.82, 2.24) is 21.3 Å². The number of fused-ring (bicyclic) bond motifs is 2. The average molecular weight is 362 g/mol. The van der Waals surface area contributed by atoms with Crippen molar-refractivity contribution in [3.05, 3.63) is 11.8 Å². The Labute approximate surface area is 159 Å². The maximum Gasteiger partial charge on any atom is 0.0655 e. The molecule has 0 amide bonds. The smallest absolute Gasteiger partial charge is 0.0655 e. The summed E-state index contributed by atoms with van der Waals surface area (Å²) in [7, 11) is 0. The quantitative estimate of drug-likeness (QED) is 0.535. The molecule has 0 aromatic carbocycles. The van der Waals surface area contributed by atoms with Crippen LogP contribution in [0.25, 0.3) is 0 Å². The van der Waals surface area contributed by atoms with Crippen molar-refractivity contribution >= 4 is 5.71 Å². The van der Waals surface area contributed by atoms with Gasteiger partial charge in [0.25, 0.3) is 0 Å². The Hall–Kier alpha value is -0.910. The van der Waals surface area contributed by atoms with Crippen LogP contribution >= 0.6 is 0 Å². The first-order valence-corrected chi connectivity index (χ1v) is 10.9. The average Bonchev–Trinajstić information content (AvgIpc) is 2.63. The minimum Gasteiger partial charge on any atom is -0.387 e. The highest BCUT2D eigenvalue weighted by atomic mass is 15.1. The summed E-state index contributed by atoms with van der Waals surface area (Å²) in [6.07, 6.45) is 12.7. The second kappa shape index (κ2) is 10.4. The van der Waals surface area contributed by atoms with Crippen LogP contribution in [0, 0.1) is 0 Å². The highest BCUT2D eigenvalue weighted by molar-refractivity contribution is 5.93. The highest BCUT2D eigenvalue weighted by Crippen LogP contribution is 2.22. The zero-order valence-electron chi connectivity index (χ0n) is 16.8. The zero-order chi connectivity index (χ0) is 18.2. The van der Waals surface area contributed by atoms with Gasteiger partial charge in [-0.25, -0.2) is 0 Å². The van der Waals surface area contributed by atoms with Gasteiger partial charge in [-0.15, -0.1) is 0 Å². The van der Waals surface area contributed by atoms with Crippen molar-refractivity contribution < 1.29 is 0 Å². The number of nitrogens with one attached hydrogen (secondary N) is 4. The minimum absolute atomic E-state index is 0.435. The lowest BCUT2D eigenvalue weighted by Gasteiger charge is -2.34. The lowest BCUT2D eigenvalue weighted by atomic mass is 9.90. The second-order valence-corrected chi connectivity index (χ2v) is 8.34. The van der Waals surface area contributed by atoms with E-state index in [0.717, 1.165) is 31.9 Å². The van der Waals surface area contributed by atoms with Gasteiger partial charge in [0, 0.05) is 55.7 Å². The van der Waals surface area contributed by atoms with E-state index in [1.165, 1.54) is 57.1 Å². The summed E-state index contributed by atoms with van der Waals surface area (Å²) in [5, 5.41) is 15.0. The minimum atomic E-state index is 0.435. The molecule has 2 saturated carbocycles. The molecular formula is C21H39N5. The maximum atomic E-state index is 5.05. The van der Waals surface area contributed by atoms with Gasteiger partial charge >= 0.3 is 0 Å². The van der Waals surface area contributed by atoms with E-state index < -0.39 is 0 Å². The summed E-state index contributed by atoms with van der Waals surface area (Å²) in [4.78, 5) is 5.05. The van der Waals surface area contributed by atoms with Crippen molar-refractivity contribution in [1.29, 1.82) is 0 Å². The van der Waals surface area contributed by atoms with Crippen molar-refractivity contribution in [3.63, 3.8) is 0 Å². The Kier molecular flexibility index (Phi) is 7.96. The molecule has 3 aliphatic rings. The molecule has 5 nitrogen and oxygen atoms in total. The van der Waals surface area contributed by atoms with E-state index in [-0.39, 0.29) is 0 Å². The third kappa shape index (κ3) is 6.07. The van der Waals surface area contributed by atoms with E-state index in [1.54, 1.807) is 0 Å². The summed E-state index contributed by atoms with van der Waals surface area (Å²) in [6.45, 7) is 8.41. The summed E-state index contributed by atoms with van der Waals surface area (Å²) in [5.41, 5.74) is 2.37. The van der Waals surface area contributed by atoms with Crippen LogP contribution in [0.15, 0.2) is 16.8 Å². The van der Waals surface area contributed by atoms with Crippen molar-refractivity contribution in [2.24, 2.45) is 4.99 Å². The summed E-state index contributed by atoms with van der Waals surface area (Å²) in [5.74, 6) is 0. The fourth-order valence-corrected chi connectivity index (χ4v) is 4.82. The molecule has 0 aromatic rings. The second-order valence-electron chi connectivity index (χ2n) is 8.34. The van der Waals surface area contributed by atoms with E-state index in [1.807, 2.05) is 0 Å². The van der Waals surface area contributed by atoms with E-state index in [2.05, 4.69) is 41.2 Å². The molecule has 3 rings (SSSR count). The van der Waals surface area contributed by atoms with Gasteiger partial charge in [-0.05, 0) is 45.6 Å². The van der Waals surface area contributed by atoms with Crippen LogP contribution < -0.4 is 21.3 Å². The maximum absolute atomic E-state index is 5.05.